The van der Waals surface area contributed by atoms with Crippen molar-refractivity contribution in [3.63, 3.8) is 0 Å². The largest absolute Gasteiger partial charge is 0.471 e. The van der Waals surface area contributed by atoms with Crippen molar-refractivity contribution in [2.75, 3.05) is 0 Å². The van der Waals surface area contributed by atoms with E-state index in [0.29, 0.717) is 12.1 Å². The van der Waals surface area contributed by atoms with Crippen molar-refractivity contribution in [3.05, 3.63) is 70.9 Å². The summed E-state index contributed by atoms with van der Waals surface area (Å²) in [5, 5.41) is 3.35. The number of carbonyl (C=O) groups excluding carboxylic acids is 1. The van der Waals surface area contributed by atoms with E-state index in [1.807, 2.05) is 6.92 Å². The highest BCUT2D eigenvalue weighted by Crippen LogP contribution is 2.34. The predicted octanol–water partition coefficient (Wildman–Crippen LogP) is 4.61. The number of amides is 1. The molecule has 3 aromatic rings. The van der Waals surface area contributed by atoms with Crippen LogP contribution in [0.4, 0.5) is 17.6 Å². The Morgan fingerprint density at radius 1 is 1.14 bits per heavy atom. The van der Waals surface area contributed by atoms with Gasteiger partial charge in [-0.25, -0.2) is 4.39 Å². The van der Waals surface area contributed by atoms with Crippen molar-refractivity contribution >= 4 is 5.91 Å². The molecule has 1 aliphatic heterocycles. The normalized spacial score (nSPS) is 15.0. The molecule has 5 nitrogen and oxygen atoms in total. The van der Waals surface area contributed by atoms with E-state index in [9.17, 15) is 22.4 Å². The molecule has 4 rings (SSSR count). The molecule has 0 saturated carbocycles. The van der Waals surface area contributed by atoms with E-state index < -0.39 is 12.1 Å². The minimum atomic E-state index is -4.74. The average Bonchev–Trinajstić information content (AvgIpc) is 3.27. The van der Waals surface area contributed by atoms with Gasteiger partial charge in [0.15, 0.2) is 0 Å². The lowest BCUT2D eigenvalue weighted by Gasteiger charge is -2.24. The highest BCUT2D eigenvalue weighted by atomic mass is 19.4. The Labute approximate surface area is 156 Å². The first kappa shape index (κ1) is 18.1. The molecule has 0 fully saturated rings. The summed E-state index contributed by atoms with van der Waals surface area (Å²) in [5.41, 5.74) is 2.13. The van der Waals surface area contributed by atoms with E-state index in [2.05, 4.69) is 14.7 Å². The summed E-state index contributed by atoms with van der Waals surface area (Å²) in [5.74, 6) is -2.32. The number of halogens is 4. The molecule has 1 aliphatic rings. The molecule has 1 aromatic heterocycles. The molecule has 144 valence electrons. The fourth-order valence-corrected chi connectivity index (χ4v) is 3.15. The van der Waals surface area contributed by atoms with Gasteiger partial charge in [-0.05, 0) is 36.2 Å². The number of rotatable bonds is 3. The molecule has 0 spiro atoms. The van der Waals surface area contributed by atoms with Crippen LogP contribution in [0.1, 0.15) is 40.3 Å². The molecule has 9 heteroatoms. The van der Waals surface area contributed by atoms with E-state index in [-0.39, 0.29) is 29.2 Å². The van der Waals surface area contributed by atoms with Gasteiger partial charge in [-0.1, -0.05) is 29.4 Å². The SMILES string of the molecule is C[C@@H](c1ccc(F)cc1)N1Cc2ccc(-c3noc(C(F)(F)F)n3)cc2C1=O. The van der Waals surface area contributed by atoms with E-state index in [1.54, 1.807) is 29.2 Å². The van der Waals surface area contributed by atoms with Crippen molar-refractivity contribution < 1.29 is 26.9 Å². The molecule has 2 aromatic carbocycles. The van der Waals surface area contributed by atoms with Crippen LogP contribution in [0.15, 0.2) is 47.0 Å². The van der Waals surface area contributed by atoms with E-state index in [4.69, 9.17) is 0 Å². The van der Waals surface area contributed by atoms with Crippen LogP contribution >= 0.6 is 0 Å². The lowest BCUT2D eigenvalue weighted by atomic mass is 10.1. The molecule has 0 unspecified atom stereocenters. The Hall–Kier alpha value is -3.23. The summed E-state index contributed by atoms with van der Waals surface area (Å²) in [7, 11) is 0. The number of alkyl halides is 3. The molecule has 0 saturated heterocycles. The predicted molar refractivity (Wildman–Crippen MR) is 89.4 cm³/mol. The third kappa shape index (κ3) is 3.12. The number of hydrogen-bond donors (Lipinski definition) is 0. The zero-order valence-corrected chi connectivity index (χ0v) is 14.5. The van der Waals surface area contributed by atoms with Crippen molar-refractivity contribution in [1.29, 1.82) is 0 Å². The molecule has 1 atom stereocenters. The number of hydrogen-bond acceptors (Lipinski definition) is 4. The maximum absolute atomic E-state index is 13.1. The Morgan fingerprint density at radius 2 is 1.86 bits per heavy atom. The molecular weight excluding hydrogens is 378 g/mol. The van der Waals surface area contributed by atoms with E-state index >= 15 is 0 Å². The summed E-state index contributed by atoms with van der Waals surface area (Å²) >= 11 is 0. The zero-order chi connectivity index (χ0) is 20.1. The van der Waals surface area contributed by atoms with Crippen LogP contribution in [0, 0.1) is 5.82 Å². The van der Waals surface area contributed by atoms with Gasteiger partial charge in [-0.15, -0.1) is 0 Å². The first-order valence-corrected chi connectivity index (χ1v) is 8.34. The second-order valence-corrected chi connectivity index (χ2v) is 6.45. The van der Waals surface area contributed by atoms with Gasteiger partial charge in [0.2, 0.25) is 5.82 Å². The summed E-state index contributed by atoms with van der Waals surface area (Å²) in [6, 6.07) is 10.2. The van der Waals surface area contributed by atoms with Gasteiger partial charge < -0.3 is 9.42 Å². The molecule has 0 bridgehead atoms. The smallest absolute Gasteiger partial charge is 0.329 e. The zero-order valence-electron chi connectivity index (χ0n) is 14.5. The fourth-order valence-electron chi connectivity index (χ4n) is 3.15. The lowest BCUT2D eigenvalue weighted by Crippen LogP contribution is -2.27. The summed E-state index contributed by atoms with van der Waals surface area (Å²) in [6.45, 7) is 2.17. The highest BCUT2D eigenvalue weighted by Gasteiger charge is 2.39. The standard InChI is InChI=1S/C19H13F4N3O2/c1-10(11-4-6-14(20)7-5-11)26-9-13-3-2-12(8-15(13)17(26)27)16-24-18(28-25-16)19(21,22)23/h2-8,10H,9H2,1H3/t10-/m0/s1. The molecular formula is C19H13F4N3O2. The third-order valence-corrected chi connectivity index (χ3v) is 4.69. The van der Waals surface area contributed by atoms with E-state index in [0.717, 1.165) is 11.1 Å². The van der Waals surface area contributed by atoms with Crippen LogP contribution in [0.2, 0.25) is 0 Å². The Bertz CT molecular complexity index is 1040. The second-order valence-electron chi connectivity index (χ2n) is 6.45. The van der Waals surface area contributed by atoms with Gasteiger partial charge in [0, 0.05) is 17.7 Å². The number of fused-ring (bicyclic) bond motifs is 1. The van der Waals surface area contributed by atoms with Crippen molar-refractivity contribution in [2.24, 2.45) is 0 Å². The fraction of sp³-hybridized carbons (Fsp3) is 0.211. The summed E-state index contributed by atoms with van der Waals surface area (Å²) < 4.78 is 55.3. The maximum Gasteiger partial charge on any atom is 0.471 e. The van der Waals surface area contributed by atoms with Crippen LogP contribution in [-0.2, 0) is 12.7 Å². The van der Waals surface area contributed by atoms with Gasteiger partial charge in [0.05, 0.1) is 6.04 Å². The van der Waals surface area contributed by atoms with Crippen molar-refractivity contribution in [2.45, 2.75) is 25.7 Å². The van der Waals surface area contributed by atoms with Crippen LogP contribution in [-0.4, -0.2) is 20.9 Å². The second kappa shape index (κ2) is 6.43. The maximum atomic E-state index is 13.1. The third-order valence-electron chi connectivity index (χ3n) is 4.69. The minimum Gasteiger partial charge on any atom is -0.329 e. The quantitative estimate of drug-likeness (QED) is 0.612. The van der Waals surface area contributed by atoms with Gasteiger partial charge in [-0.3, -0.25) is 4.79 Å². The first-order valence-electron chi connectivity index (χ1n) is 8.34. The Morgan fingerprint density at radius 3 is 2.50 bits per heavy atom. The minimum absolute atomic E-state index is 0.243. The monoisotopic (exact) mass is 391 g/mol. The molecule has 0 radical (unpaired) electrons. The molecule has 1 amide bonds. The number of nitrogens with zero attached hydrogens (tertiary/aromatic N) is 3. The first-order chi connectivity index (χ1) is 13.2. The molecule has 0 N–H and O–H groups in total. The number of carbonyl (C=O) groups is 1. The van der Waals surface area contributed by atoms with Crippen LogP contribution in [0.5, 0.6) is 0 Å². The van der Waals surface area contributed by atoms with Gasteiger partial charge in [0.25, 0.3) is 5.91 Å². The highest BCUT2D eigenvalue weighted by molar-refractivity contribution is 5.99. The van der Waals surface area contributed by atoms with Gasteiger partial charge in [0.1, 0.15) is 5.82 Å². The number of aromatic nitrogens is 2. The Kier molecular flexibility index (Phi) is 4.17. The molecule has 2 heterocycles. The summed E-state index contributed by atoms with van der Waals surface area (Å²) in [4.78, 5) is 17.8. The Balaban J connectivity index is 1.61. The average molecular weight is 391 g/mol. The van der Waals surface area contributed by atoms with Gasteiger partial charge in [-0.2, -0.15) is 18.2 Å². The topological polar surface area (TPSA) is 59.2 Å². The molecule has 0 aliphatic carbocycles. The van der Waals surface area contributed by atoms with Gasteiger partial charge >= 0.3 is 12.1 Å². The van der Waals surface area contributed by atoms with Crippen molar-refractivity contribution in [1.82, 2.24) is 15.0 Å². The molecule has 28 heavy (non-hydrogen) atoms. The van der Waals surface area contributed by atoms with Crippen LogP contribution < -0.4 is 0 Å². The summed E-state index contributed by atoms with van der Waals surface area (Å²) in [6.07, 6.45) is -4.74. The number of benzene rings is 2. The van der Waals surface area contributed by atoms with Crippen LogP contribution in [0.3, 0.4) is 0 Å². The van der Waals surface area contributed by atoms with Crippen molar-refractivity contribution in [3.8, 4) is 11.4 Å². The lowest BCUT2D eigenvalue weighted by molar-refractivity contribution is -0.159. The van der Waals surface area contributed by atoms with Crippen LogP contribution in [0.25, 0.3) is 11.4 Å². The van der Waals surface area contributed by atoms with E-state index in [1.165, 1.54) is 18.2 Å².